The van der Waals surface area contributed by atoms with Gasteiger partial charge in [0.15, 0.2) is 10.6 Å². The Morgan fingerprint density at radius 2 is 1.70 bits per heavy atom. The summed E-state index contributed by atoms with van der Waals surface area (Å²) >= 11 is 5.51. The summed E-state index contributed by atoms with van der Waals surface area (Å²) < 4.78 is 4.08. The van der Waals surface area contributed by atoms with Gasteiger partial charge in [-0.05, 0) is 61.8 Å². The van der Waals surface area contributed by atoms with E-state index in [9.17, 15) is 15.3 Å². The molecule has 0 radical (unpaired) electrons. The first-order valence-electron chi connectivity index (χ1n) is 9.77. The third-order valence-corrected chi connectivity index (χ3v) is 5.58. The highest BCUT2D eigenvalue weighted by atomic mass is 32.1. The summed E-state index contributed by atoms with van der Waals surface area (Å²) in [5, 5.41) is 39.2. The van der Waals surface area contributed by atoms with Crippen LogP contribution in [0.25, 0.3) is 28.0 Å². The number of H-pyrrole nitrogens is 1. The smallest absolute Gasteiger partial charge is 0.200 e. The van der Waals surface area contributed by atoms with Crippen molar-refractivity contribution in [2.45, 2.75) is 39.7 Å². The van der Waals surface area contributed by atoms with Gasteiger partial charge in [0.05, 0.1) is 16.8 Å². The van der Waals surface area contributed by atoms with Crippen LogP contribution in [0.5, 0.6) is 17.2 Å². The molecule has 0 aliphatic carbocycles. The van der Waals surface area contributed by atoms with Crippen LogP contribution in [0.2, 0.25) is 0 Å². The fourth-order valence-electron chi connectivity index (χ4n) is 3.81. The average Bonchev–Trinajstić information content (AvgIpc) is 3.27. The number of nitrogens with zero attached hydrogens (tertiary/aromatic N) is 3. The summed E-state index contributed by atoms with van der Waals surface area (Å²) in [5.74, 6) is 0.595. The molecule has 4 rings (SSSR count). The number of hydrogen-bond acceptors (Lipinski definition) is 5. The fourth-order valence-corrected chi connectivity index (χ4v) is 4.04. The van der Waals surface area contributed by atoms with Crippen LogP contribution in [-0.4, -0.2) is 34.7 Å². The van der Waals surface area contributed by atoms with E-state index in [1.54, 1.807) is 22.8 Å². The number of aromatic hydroxyl groups is 3. The van der Waals surface area contributed by atoms with Crippen LogP contribution in [0.3, 0.4) is 0 Å². The highest BCUT2D eigenvalue weighted by molar-refractivity contribution is 7.71. The van der Waals surface area contributed by atoms with Gasteiger partial charge in [0.2, 0.25) is 0 Å². The van der Waals surface area contributed by atoms with Crippen LogP contribution >= 0.6 is 12.2 Å². The second-order valence-corrected chi connectivity index (χ2v) is 8.34. The lowest BCUT2D eigenvalue weighted by Crippen LogP contribution is -2.02. The van der Waals surface area contributed by atoms with Gasteiger partial charge in [-0.25, -0.2) is 0 Å². The first-order chi connectivity index (χ1) is 14.2. The molecule has 0 aliphatic rings. The van der Waals surface area contributed by atoms with E-state index >= 15 is 0 Å². The average molecular weight is 425 g/mol. The van der Waals surface area contributed by atoms with Gasteiger partial charge < -0.3 is 19.9 Å². The highest BCUT2D eigenvalue weighted by Gasteiger charge is 2.21. The summed E-state index contributed by atoms with van der Waals surface area (Å²) in [6.45, 7) is 8.01. The Morgan fingerprint density at radius 1 is 0.967 bits per heavy atom. The van der Waals surface area contributed by atoms with Crippen LogP contribution in [0, 0.1) is 4.77 Å². The van der Waals surface area contributed by atoms with Crippen molar-refractivity contribution < 1.29 is 15.3 Å². The standard InChI is InChI=1S/C22H24N4O3S/c1-11(2)14-9-15(19(29)10-18(14)28)21-23-24-22(30)26(21)16-5-6-17(27)20-13(16)7-8-25(20)12(3)4/h5-12,27-29H,1-4H3,(H,24,30). The number of aromatic nitrogens is 4. The zero-order valence-corrected chi connectivity index (χ0v) is 18.0. The molecule has 2 aromatic carbocycles. The number of phenols is 3. The third-order valence-electron chi connectivity index (χ3n) is 5.31. The molecule has 8 heteroatoms. The SMILES string of the molecule is CC(C)c1cc(-c2n[nH]c(=S)n2-c2ccc(O)c3c2ccn3C(C)C)c(O)cc1O. The molecule has 0 bridgehead atoms. The van der Waals surface area contributed by atoms with Crippen LogP contribution in [-0.2, 0) is 0 Å². The maximum atomic E-state index is 10.6. The van der Waals surface area contributed by atoms with Gasteiger partial charge in [-0.2, -0.15) is 5.10 Å². The molecule has 4 N–H and O–H groups in total. The molecule has 2 heterocycles. The van der Waals surface area contributed by atoms with Gasteiger partial charge >= 0.3 is 0 Å². The van der Waals surface area contributed by atoms with Gasteiger partial charge in [0.1, 0.15) is 17.2 Å². The number of benzene rings is 2. The minimum Gasteiger partial charge on any atom is -0.508 e. The second-order valence-electron chi connectivity index (χ2n) is 7.95. The molecule has 0 spiro atoms. The summed E-state index contributed by atoms with van der Waals surface area (Å²) in [6, 6.07) is 8.56. The second kappa shape index (κ2) is 7.21. The number of hydrogen-bond donors (Lipinski definition) is 4. The van der Waals surface area contributed by atoms with E-state index in [2.05, 4.69) is 10.2 Å². The van der Waals surface area contributed by atoms with Crippen molar-refractivity contribution in [1.82, 2.24) is 19.3 Å². The van der Waals surface area contributed by atoms with Crippen molar-refractivity contribution in [3.8, 4) is 34.3 Å². The van der Waals surface area contributed by atoms with E-state index in [1.165, 1.54) is 6.07 Å². The maximum absolute atomic E-state index is 10.6. The molecule has 7 nitrogen and oxygen atoms in total. The fraction of sp³-hybridized carbons (Fsp3) is 0.273. The number of nitrogens with one attached hydrogen (secondary N) is 1. The summed E-state index contributed by atoms with van der Waals surface area (Å²) in [7, 11) is 0. The molecule has 0 fully saturated rings. The topological polar surface area (TPSA) is 99.2 Å². The van der Waals surface area contributed by atoms with Crippen molar-refractivity contribution >= 4 is 23.1 Å². The lowest BCUT2D eigenvalue weighted by molar-refractivity contribution is 0.444. The lowest BCUT2D eigenvalue weighted by atomic mass is 9.98. The van der Waals surface area contributed by atoms with E-state index < -0.39 is 0 Å². The number of fused-ring (bicyclic) bond motifs is 1. The molecule has 156 valence electrons. The third kappa shape index (κ3) is 3.04. The van der Waals surface area contributed by atoms with Gasteiger partial charge in [-0.3, -0.25) is 9.67 Å². The van der Waals surface area contributed by atoms with Gasteiger partial charge in [0.25, 0.3) is 0 Å². The van der Waals surface area contributed by atoms with E-state index in [4.69, 9.17) is 12.2 Å². The largest absolute Gasteiger partial charge is 0.508 e. The maximum Gasteiger partial charge on any atom is 0.200 e. The zero-order chi connectivity index (χ0) is 21.7. The molecule has 0 amide bonds. The van der Waals surface area contributed by atoms with Gasteiger partial charge in [-0.1, -0.05) is 13.8 Å². The molecule has 0 saturated carbocycles. The number of phenolic OH excluding ortho intramolecular Hbond substituents is 3. The summed E-state index contributed by atoms with van der Waals surface area (Å²) in [5.41, 5.74) is 2.59. The lowest BCUT2D eigenvalue weighted by Gasteiger charge is -2.15. The van der Waals surface area contributed by atoms with Crippen molar-refractivity contribution in [2.75, 3.05) is 0 Å². The van der Waals surface area contributed by atoms with Crippen LogP contribution in [0.15, 0.2) is 36.5 Å². The Labute approximate surface area is 178 Å². The molecular formula is C22H24N4O3S. The van der Waals surface area contributed by atoms with E-state index in [1.807, 2.05) is 44.5 Å². The predicted molar refractivity (Wildman–Crippen MR) is 119 cm³/mol. The van der Waals surface area contributed by atoms with Crippen LogP contribution < -0.4 is 0 Å². The predicted octanol–water partition coefficient (Wildman–Crippen LogP) is 5.37. The first kappa shape index (κ1) is 20.0. The summed E-state index contributed by atoms with van der Waals surface area (Å²) in [4.78, 5) is 0. The molecular weight excluding hydrogens is 400 g/mol. The van der Waals surface area contributed by atoms with Crippen LogP contribution in [0.4, 0.5) is 0 Å². The van der Waals surface area contributed by atoms with Gasteiger partial charge in [-0.15, -0.1) is 0 Å². The molecule has 30 heavy (non-hydrogen) atoms. The molecule has 4 aromatic rings. The quantitative estimate of drug-likeness (QED) is 0.330. The van der Waals surface area contributed by atoms with Crippen LogP contribution in [0.1, 0.15) is 45.2 Å². The Balaban J connectivity index is 2.02. The van der Waals surface area contributed by atoms with E-state index in [-0.39, 0.29) is 29.2 Å². The molecule has 0 atom stereocenters. The molecule has 0 aliphatic heterocycles. The van der Waals surface area contributed by atoms with E-state index in [0.717, 1.165) is 11.1 Å². The first-order valence-corrected chi connectivity index (χ1v) is 10.2. The molecule has 2 aromatic heterocycles. The Morgan fingerprint density at radius 3 is 2.37 bits per heavy atom. The Hall–Kier alpha value is -3.26. The van der Waals surface area contributed by atoms with Crippen molar-refractivity contribution in [1.29, 1.82) is 0 Å². The summed E-state index contributed by atoms with van der Waals surface area (Å²) in [6.07, 6.45) is 1.93. The molecule has 0 saturated heterocycles. The minimum atomic E-state index is -0.0954. The van der Waals surface area contributed by atoms with Crippen molar-refractivity contribution in [2.24, 2.45) is 0 Å². The van der Waals surface area contributed by atoms with Crippen molar-refractivity contribution in [3.63, 3.8) is 0 Å². The van der Waals surface area contributed by atoms with Gasteiger partial charge in [0, 0.05) is 23.7 Å². The zero-order valence-electron chi connectivity index (χ0n) is 17.2. The van der Waals surface area contributed by atoms with Crippen molar-refractivity contribution in [3.05, 3.63) is 46.9 Å². The highest BCUT2D eigenvalue weighted by Crippen LogP contribution is 2.39. The van der Waals surface area contributed by atoms with E-state index in [0.29, 0.717) is 27.2 Å². The normalized spacial score (nSPS) is 11.8. The Bertz CT molecular complexity index is 1310. The monoisotopic (exact) mass is 424 g/mol. The number of aromatic amines is 1. The Kier molecular flexibility index (Phi) is 4.82. The molecule has 0 unspecified atom stereocenters. The number of rotatable bonds is 4. The minimum absolute atomic E-state index is 0.0352.